The number of pyridine rings is 1. The number of thiophene rings is 1. The van der Waals surface area contributed by atoms with Crippen molar-refractivity contribution in [2.75, 3.05) is 5.73 Å². The van der Waals surface area contributed by atoms with Gasteiger partial charge in [0.25, 0.3) is 0 Å². The Morgan fingerprint density at radius 1 is 1.58 bits per heavy atom. The molecule has 2 aromatic rings. The number of aliphatic imine (C=N–C) groups is 1. The Bertz CT molecular complexity index is 754. The van der Waals surface area contributed by atoms with Gasteiger partial charge < -0.3 is 11.5 Å². The Kier molecular flexibility index (Phi) is 3.19. The summed E-state index contributed by atoms with van der Waals surface area (Å²) in [5.41, 5.74) is 13.2. The lowest BCUT2D eigenvalue weighted by Gasteiger charge is -2.01. The van der Waals surface area contributed by atoms with Gasteiger partial charge >= 0.3 is 0 Å². The highest BCUT2D eigenvalue weighted by Crippen LogP contribution is 2.33. The number of Topliss-reactive ketones (excluding diaryl/α,β-unsaturated/α-hetero) is 1. The summed E-state index contributed by atoms with van der Waals surface area (Å²) in [5, 5.41) is 9.17. The maximum Gasteiger partial charge on any atom is 0.207 e. The Morgan fingerprint density at radius 3 is 2.84 bits per heavy atom. The largest absolute Gasteiger partial charge is 0.397 e. The number of aryl methyl sites for hydroxylation is 1. The third-order valence-corrected chi connectivity index (χ3v) is 3.83. The minimum Gasteiger partial charge on any atom is -0.397 e. The van der Waals surface area contributed by atoms with Crippen molar-refractivity contribution in [1.29, 1.82) is 5.26 Å². The van der Waals surface area contributed by atoms with Crippen molar-refractivity contribution in [3.05, 3.63) is 22.2 Å². The van der Waals surface area contributed by atoms with Crippen LogP contribution in [0.3, 0.4) is 0 Å². The van der Waals surface area contributed by atoms with Crippen molar-refractivity contribution >= 4 is 38.9 Å². The van der Waals surface area contributed by atoms with Gasteiger partial charge in [-0.1, -0.05) is 0 Å². The van der Waals surface area contributed by atoms with Crippen LogP contribution in [-0.4, -0.2) is 16.6 Å². The van der Waals surface area contributed by atoms with E-state index < -0.39 is 0 Å². The van der Waals surface area contributed by atoms with Crippen LogP contribution in [-0.2, 0) is 0 Å². The number of carbonyl (C=O) groups excluding carboxylic acids is 1. The molecular formula is C12H11N5OS. The second kappa shape index (κ2) is 4.66. The van der Waals surface area contributed by atoms with E-state index in [9.17, 15) is 4.79 Å². The lowest BCUT2D eigenvalue weighted by atomic mass is 10.1. The van der Waals surface area contributed by atoms with Crippen molar-refractivity contribution in [2.24, 2.45) is 10.7 Å². The topological polar surface area (TPSA) is 118 Å². The standard InChI is InChI=1S/C12H11N5OS/c1-5-7(6(2)18)3-8-9(14)10(11(15)16-4-13)19-12(8)17-5/h3H,14H2,1-2H3,(H2,15,16). The maximum absolute atomic E-state index is 11.5. The molecule has 2 aromatic heterocycles. The number of aromatic nitrogens is 1. The first-order chi connectivity index (χ1) is 8.95. The number of hydrogen-bond donors (Lipinski definition) is 2. The van der Waals surface area contributed by atoms with Gasteiger partial charge in [0, 0.05) is 16.6 Å². The molecule has 0 amide bonds. The van der Waals surface area contributed by atoms with Gasteiger partial charge in [0.1, 0.15) is 4.83 Å². The van der Waals surface area contributed by atoms with Crippen LogP contribution < -0.4 is 11.5 Å². The summed E-state index contributed by atoms with van der Waals surface area (Å²) in [6.45, 7) is 3.24. The van der Waals surface area contributed by atoms with Crippen LogP contribution in [0, 0.1) is 18.4 Å². The Hall–Kier alpha value is -2.46. The van der Waals surface area contributed by atoms with Gasteiger partial charge in [-0.15, -0.1) is 11.3 Å². The molecule has 0 radical (unpaired) electrons. The smallest absolute Gasteiger partial charge is 0.207 e. The fourth-order valence-corrected chi connectivity index (χ4v) is 2.80. The van der Waals surface area contributed by atoms with E-state index in [4.69, 9.17) is 16.7 Å². The van der Waals surface area contributed by atoms with E-state index in [1.54, 1.807) is 19.2 Å². The molecule has 0 aliphatic rings. The lowest BCUT2D eigenvalue weighted by Crippen LogP contribution is -2.12. The summed E-state index contributed by atoms with van der Waals surface area (Å²) in [7, 11) is 0. The summed E-state index contributed by atoms with van der Waals surface area (Å²) in [5.74, 6) is -0.0114. The predicted octanol–water partition coefficient (Wildman–Crippen LogP) is 1.58. The Morgan fingerprint density at radius 2 is 2.26 bits per heavy atom. The van der Waals surface area contributed by atoms with Crippen molar-refractivity contribution < 1.29 is 4.79 Å². The summed E-state index contributed by atoms with van der Waals surface area (Å²) in [4.78, 5) is 20.5. The molecule has 0 saturated heterocycles. The lowest BCUT2D eigenvalue weighted by molar-refractivity contribution is 0.101. The fourth-order valence-electron chi connectivity index (χ4n) is 1.78. The molecule has 0 unspecified atom stereocenters. The van der Waals surface area contributed by atoms with Crippen molar-refractivity contribution in [1.82, 2.24) is 4.98 Å². The van der Waals surface area contributed by atoms with Crippen LogP contribution in [0.15, 0.2) is 11.1 Å². The van der Waals surface area contributed by atoms with Gasteiger partial charge in [-0.2, -0.15) is 10.3 Å². The summed E-state index contributed by atoms with van der Waals surface area (Å²) in [6, 6.07) is 1.70. The predicted molar refractivity (Wildman–Crippen MR) is 75.1 cm³/mol. The molecule has 7 heteroatoms. The van der Waals surface area contributed by atoms with E-state index in [-0.39, 0.29) is 11.6 Å². The zero-order chi connectivity index (χ0) is 14.2. The first-order valence-electron chi connectivity index (χ1n) is 5.39. The average Bonchev–Trinajstić information content (AvgIpc) is 2.65. The van der Waals surface area contributed by atoms with Gasteiger partial charge in [0.15, 0.2) is 11.6 Å². The van der Waals surface area contributed by atoms with E-state index in [2.05, 4.69) is 9.98 Å². The van der Waals surface area contributed by atoms with Crippen molar-refractivity contribution in [2.45, 2.75) is 13.8 Å². The molecule has 2 rings (SSSR count). The first kappa shape index (κ1) is 13.0. The SMILES string of the molecule is CC(=O)c1cc2c(N)c(C(N)=NC#N)sc2nc1C. The highest BCUT2D eigenvalue weighted by Gasteiger charge is 2.16. The normalized spacial score (nSPS) is 11.5. The average molecular weight is 273 g/mol. The number of nitrogens with two attached hydrogens (primary N) is 2. The molecule has 0 fully saturated rings. The van der Waals surface area contributed by atoms with Crippen LogP contribution in [0.4, 0.5) is 5.69 Å². The molecule has 0 atom stereocenters. The van der Waals surface area contributed by atoms with Crippen LogP contribution in [0.2, 0.25) is 0 Å². The zero-order valence-corrected chi connectivity index (χ0v) is 11.2. The van der Waals surface area contributed by atoms with E-state index >= 15 is 0 Å². The number of nitriles is 1. The van der Waals surface area contributed by atoms with Gasteiger partial charge in [-0.05, 0) is 19.9 Å². The van der Waals surface area contributed by atoms with E-state index in [0.29, 0.717) is 32.0 Å². The van der Waals surface area contributed by atoms with Gasteiger partial charge in [-0.3, -0.25) is 4.79 Å². The summed E-state index contributed by atoms with van der Waals surface area (Å²) >= 11 is 1.25. The van der Waals surface area contributed by atoms with Crippen LogP contribution >= 0.6 is 11.3 Å². The first-order valence-corrected chi connectivity index (χ1v) is 6.20. The molecule has 0 aliphatic heterocycles. The third-order valence-electron chi connectivity index (χ3n) is 2.69. The molecule has 6 nitrogen and oxygen atoms in total. The monoisotopic (exact) mass is 273 g/mol. The highest BCUT2D eigenvalue weighted by atomic mass is 32.1. The van der Waals surface area contributed by atoms with Crippen LogP contribution in [0.1, 0.15) is 27.9 Å². The second-order valence-electron chi connectivity index (χ2n) is 3.97. The summed E-state index contributed by atoms with van der Waals surface area (Å²) < 4.78 is 0. The third kappa shape index (κ3) is 2.13. The number of carbonyl (C=O) groups is 1. The number of amidine groups is 1. The number of nitrogens with zero attached hydrogens (tertiary/aromatic N) is 3. The Balaban J connectivity index is 2.75. The number of nitrogen functional groups attached to an aromatic ring is 1. The molecule has 4 N–H and O–H groups in total. The second-order valence-corrected chi connectivity index (χ2v) is 4.97. The number of ketones is 1. The van der Waals surface area contributed by atoms with Gasteiger partial charge in [0.2, 0.25) is 6.19 Å². The quantitative estimate of drug-likeness (QED) is 0.372. The zero-order valence-electron chi connectivity index (χ0n) is 10.4. The molecule has 0 saturated carbocycles. The number of hydrogen-bond acceptors (Lipinski definition) is 6. The molecular weight excluding hydrogens is 262 g/mol. The molecule has 0 aromatic carbocycles. The minimum absolute atomic E-state index is 0.0602. The number of rotatable bonds is 2. The van der Waals surface area contributed by atoms with Crippen molar-refractivity contribution in [3.8, 4) is 6.19 Å². The molecule has 0 spiro atoms. The van der Waals surface area contributed by atoms with E-state index in [1.807, 2.05) is 0 Å². The molecule has 2 heterocycles. The molecule has 96 valence electrons. The number of fused-ring (bicyclic) bond motifs is 1. The molecule has 0 bridgehead atoms. The molecule has 19 heavy (non-hydrogen) atoms. The summed E-state index contributed by atoms with van der Waals surface area (Å²) in [6.07, 6.45) is 1.62. The number of anilines is 1. The van der Waals surface area contributed by atoms with E-state index in [0.717, 1.165) is 0 Å². The van der Waals surface area contributed by atoms with Gasteiger partial charge in [0.05, 0.1) is 10.6 Å². The fraction of sp³-hybridized carbons (Fsp3) is 0.167. The molecule has 0 aliphatic carbocycles. The van der Waals surface area contributed by atoms with Crippen LogP contribution in [0.25, 0.3) is 10.2 Å². The van der Waals surface area contributed by atoms with Gasteiger partial charge in [-0.25, -0.2) is 4.98 Å². The Labute approximate surface area is 113 Å². The van der Waals surface area contributed by atoms with E-state index in [1.165, 1.54) is 18.3 Å². The van der Waals surface area contributed by atoms with Crippen molar-refractivity contribution in [3.63, 3.8) is 0 Å². The highest BCUT2D eigenvalue weighted by molar-refractivity contribution is 7.21. The maximum atomic E-state index is 11.5. The van der Waals surface area contributed by atoms with Crippen LogP contribution in [0.5, 0.6) is 0 Å². The minimum atomic E-state index is -0.0716.